The van der Waals surface area contributed by atoms with Gasteiger partial charge >= 0.3 is 11.9 Å². The van der Waals surface area contributed by atoms with E-state index >= 15 is 0 Å². The van der Waals surface area contributed by atoms with Crippen molar-refractivity contribution < 1.29 is 33.8 Å². The Morgan fingerprint density at radius 1 is 0.941 bits per heavy atom. The minimum atomic E-state index is -0.845. The number of rotatable bonds is 10. The molecule has 3 rings (SSSR count). The molecule has 0 atom stereocenters. The van der Waals surface area contributed by atoms with Crippen LogP contribution in [0.15, 0.2) is 66.7 Å². The van der Waals surface area contributed by atoms with E-state index < -0.39 is 16.9 Å². The fourth-order valence-electron chi connectivity index (χ4n) is 2.87. The lowest BCUT2D eigenvalue weighted by atomic mass is 10.2. The van der Waals surface area contributed by atoms with Gasteiger partial charge in [-0.25, -0.2) is 9.59 Å². The van der Waals surface area contributed by atoms with Gasteiger partial charge in [0.05, 0.1) is 17.1 Å². The lowest BCUT2D eigenvalue weighted by Gasteiger charge is -2.10. The van der Waals surface area contributed by atoms with Crippen LogP contribution in [-0.2, 0) is 11.3 Å². The van der Waals surface area contributed by atoms with E-state index in [0.717, 1.165) is 12.8 Å². The summed E-state index contributed by atoms with van der Waals surface area (Å²) in [6, 6.07) is 15.8. The van der Waals surface area contributed by atoms with Gasteiger partial charge in [0.2, 0.25) is 0 Å². The second kappa shape index (κ2) is 11.5. The number of carbonyl (C=O) groups excluding carboxylic acids is 2. The first-order chi connectivity index (χ1) is 16.4. The Labute approximate surface area is 195 Å². The quantitative estimate of drug-likeness (QED) is 0.145. The van der Waals surface area contributed by atoms with Crippen LogP contribution in [0.3, 0.4) is 0 Å². The van der Waals surface area contributed by atoms with E-state index in [9.17, 15) is 24.8 Å². The van der Waals surface area contributed by atoms with E-state index in [1.54, 1.807) is 24.3 Å². The number of ether oxygens (including phenoxy) is 3. The smallest absolute Gasteiger partial charge is 0.343 e. The summed E-state index contributed by atoms with van der Waals surface area (Å²) in [6.45, 7) is 2.50. The molecule has 0 saturated heterocycles. The number of carbonyl (C=O) groups is 2. The molecule has 0 spiro atoms. The van der Waals surface area contributed by atoms with E-state index in [-0.39, 0.29) is 29.4 Å². The van der Waals surface area contributed by atoms with E-state index in [0.29, 0.717) is 23.5 Å². The molecular weight excluding hydrogens is 442 g/mol. The maximum Gasteiger partial charge on any atom is 0.343 e. The number of nitro benzene ring substituents is 1. The standard InChI is InChI=1S/C25H23NO8/c1-2-3-14-32-20-10-6-18(7-11-20)24(28)34-21-12-13-23(27)22(15-21)25(29)33-16-17-4-8-19(9-5-17)26(30)31/h4-13,15,27H,2-3,14,16H2,1H3. The molecule has 0 heterocycles. The summed E-state index contributed by atoms with van der Waals surface area (Å²) < 4.78 is 16.1. The van der Waals surface area contributed by atoms with Gasteiger partial charge in [-0.05, 0) is 66.6 Å². The lowest BCUT2D eigenvalue weighted by molar-refractivity contribution is -0.384. The Hall–Kier alpha value is -4.40. The molecule has 0 amide bonds. The van der Waals surface area contributed by atoms with Gasteiger partial charge in [0.15, 0.2) is 0 Å². The van der Waals surface area contributed by atoms with Gasteiger partial charge in [-0.15, -0.1) is 0 Å². The number of nitrogens with zero attached hydrogens (tertiary/aromatic N) is 1. The number of hydrogen-bond acceptors (Lipinski definition) is 8. The van der Waals surface area contributed by atoms with E-state index in [4.69, 9.17) is 14.2 Å². The van der Waals surface area contributed by atoms with Gasteiger partial charge < -0.3 is 19.3 Å². The van der Waals surface area contributed by atoms with Crippen molar-refractivity contribution in [2.45, 2.75) is 26.4 Å². The van der Waals surface area contributed by atoms with Gasteiger partial charge in [0, 0.05) is 12.1 Å². The molecule has 34 heavy (non-hydrogen) atoms. The Morgan fingerprint density at radius 3 is 2.26 bits per heavy atom. The SMILES string of the molecule is CCCCOc1ccc(C(=O)Oc2ccc(O)c(C(=O)OCc3ccc([N+](=O)[O-])cc3)c2)cc1. The highest BCUT2D eigenvalue weighted by Crippen LogP contribution is 2.25. The highest BCUT2D eigenvalue weighted by Gasteiger charge is 2.17. The van der Waals surface area contributed by atoms with Crippen LogP contribution in [0, 0.1) is 10.1 Å². The first kappa shape index (κ1) is 24.2. The third kappa shape index (κ3) is 6.55. The Morgan fingerprint density at radius 2 is 1.62 bits per heavy atom. The first-order valence-corrected chi connectivity index (χ1v) is 10.6. The molecule has 0 fully saturated rings. The second-order valence-corrected chi connectivity index (χ2v) is 7.29. The minimum absolute atomic E-state index is 0.0494. The van der Waals surface area contributed by atoms with Crippen molar-refractivity contribution in [2.75, 3.05) is 6.61 Å². The van der Waals surface area contributed by atoms with Crippen LogP contribution >= 0.6 is 0 Å². The molecule has 0 aliphatic carbocycles. The molecule has 3 aromatic rings. The van der Waals surface area contributed by atoms with E-state index in [1.165, 1.54) is 42.5 Å². The van der Waals surface area contributed by atoms with Crippen LogP contribution < -0.4 is 9.47 Å². The molecule has 9 nitrogen and oxygen atoms in total. The monoisotopic (exact) mass is 465 g/mol. The third-order valence-electron chi connectivity index (χ3n) is 4.77. The van der Waals surface area contributed by atoms with Crippen LogP contribution in [0.5, 0.6) is 17.2 Å². The normalized spacial score (nSPS) is 10.4. The van der Waals surface area contributed by atoms with Crippen molar-refractivity contribution in [3.63, 3.8) is 0 Å². The predicted molar refractivity (Wildman–Crippen MR) is 122 cm³/mol. The van der Waals surface area contributed by atoms with Crippen LogP contribution in [0.4, 0.5) is 5.69 Å². The Bertz CT molecular complexity index is 1160. The molecule has 9 heteroatoms. The number of phenols is 1. The third-order valence-corrected chi connectivity index (χ3v) is 4.77. The zero-order valence-corrected chi connectivity index (χ0v) is 18.4. The van der Waals surface area contributed by atoms with Crippen LogP contribution in [-0.4, -0.2) is 28.6 Å². The fraction of sp³-hybridized carbons (Fsp3) is 0.200. The number of benzene rings is 3. The zero-order valence-electron chi connectivity index (χ0n) is 18.4. The van der Waals surface area contributed by atoms with Crippen molar-refractivity contribution in [2.24, 2.45) is 0 Å². The molecule has 0 unspecified atom stereocenters. The Balaban J connectivity index is 1.61. The molecule has 0 aromatic heterocycles. The summed E-state index contributed by atoms with van der Waals surface area (Å²) >= 11 is 0. The minimum Gasteiger partial charge on any atom is -0.507 e. The number of phenolic OH excluding ortho intramolecular Hbond substituents is 1. The van der Waals surface area contributed by atoms with Gasteiger partial charge in [-0.1, -0.05) is 13.3 Å². The number of aromatic hydroxyl groups is 1. The number of esters is 2. The predicted octanol–water partition coefficient (Wildman–Crippen LogP) is 5.06. The van der Waals surface area contributed by atoms with Crippen molar-refractivity contribution in [3.05, 3.63) is 93.5 Å². The first-order valence-electron chi connectivity index (χ1n) is 10.6. The average Bonchev–Trinajstić information content (AvgIpc) is 2.84. The van der Waals surface area contributed by atoms with Gasteiger partial charge in [-0.2, -0.15) is 0 Å². The number of hydrogen-bond donors (Lipinski definition) is 1. The molecule has 0 saturated carbocycles. The van der Waals surface area contributed by atoms with Crippen LogP contribution in [0.2, 0.25) is 0 Å². The van der Waals surface area contributed by atoms with Crippen molar-refractivity contribution in [1.82, 2.24) is 0 Å². The Kier molecular flexibility index (Phi) is 8.17. The molecule has 0 bridgehead atoms. The molecule has 1 N–H and O–H groups in total. The van der Waals surface area contributed by atoms with Gasteiger partial charge in [-0.3, -0.25) is 10.1 Å². The van der Waals surface area contributed by atoms with E-state index in [1.807, 2.05) is 0 Å². The largest absolute Gasteiger partial charge is 0.507 e. The topological polar surface area (TPSA) is 125 Å². The summed E-state index contributed by atoms with van der Waals surface area (Å²) in [7, 11) is 0. The van der Waals surface area contributed by atoms with Crippen molar-refractivity contribution >= 4 is 17.6 Å². The van der Waals surface area contributed by atoms with E-state index in [2.05, 4.69) is 6.92 Å². The van der Waals surface area contributed by atoms with Crippen molar-refractivity contribution in [3.8, 4) is 17.2 Å². The fourth-order valence-corrected chi connectivity index (χ4v) is 2.87. The molecule has 0 aliphatic heterocycles. The number of unbranched alkanes of at least 4 members (excludes halogenated alkanes) is 1. The highest BCUT2D eigenvalue weighted by molar-refractivity contribution is 5.94. The zero-order chi connectivity index (χ0) is 24.5. The number of non-ortho nitro benzene ring substituents is 1. The summed E-state index contributed by atoms with van der Waals surface area (Å²) in [5, 5.41) is 20.8. The molecule has 3 aromatic carbocycles. The maximum atomic E-state index is 12.4. The van der Waals surface area contributed by atoms with Gasteiger partial charge in [0.25, 0.3) is 5.69 Å². The summed E-state index contributed by atoms with van der Waals surface area (Å²) in [5.41, 5.74) is 0.550. The molecular formula is C25H23NO8. The second-order valence-electron chi connectivity index (χ2n) is 7.29. The van der Waals surface area contributed by atoms with Crippen LogP contribution in [0.1, 0.15) is 46.0 Å². The molecule has 0 radical (unpaired) electrons. The average molecular weight is 465 g/mol. The van der Waals surface area contributed by atoms with Crippen molar-refractivity contribution in [1.29, 1.82) is 0 Å². The summed E-state index contributed by atoms with van der Waals surface area (Å²) in [5.74, 6) is -1.14. The van der Waals surface area contributed by atoms with Gasteiger partial charge in [0.1, 0.15) is 29.4 Å². The molecule has 0 aliphatic rings. The maximum absolute atomic E-state index is 12.4. The number of nitro groups is 1. The summed E-state index contributed by atoms with van der Waals surface area (Å²) in [4.78, 5) is 35.1. The summed E-state index contributed by atoms with van der Waals surface area (Å²) in [6.07, 6.45) is 1.95. The van der Waals surface area contributed by atoms with Crippen LogP contribution in [0.25, 0.3) is 0 Å². The highest BCUT2D eigenvalue weighted by atomic mass is 16.6. The molecule has 176 valence electrons. The lowest BCUT2D eigenvalue weighted by Crippen LogP contribution is -2.10.